The zero-order chi connectivity index (χ0) is 19.8. The molecule has 0 aliphatic heterocycles. The molecule has 0 heterocycles. The highest BCUT2D eigenvalue weighted by Crippen LogP contribution is 2.28. The van der Waals surface area contributed by atoms with E-state index in [0.717, 1.165) is 0 Å². The second-order valence-corrected chi connectivity index (χ2v) is 5.75. The maximum absolute atomic E-state index is 14.4. The van der Waals surface area contributed by atoms with Gasteiger partial charge in [0.15, 0.2) is 0 Å². The number of benzene rings is 2. The van der Waals surface area contributed by atoms with Gasteiger partial charge in [-0.2, -0.15) is 10.5 Å². The summed E-state index contributed by atoms with van der Waals surface area (Å²) in [5.41, 5.74) is 11.7. The molecule has 0 aliphatic carbocycles. The number of rotatable bonds is 4. The van der Waals surface area contributed by atoms with Crippen LogP contribution >= 0.6 is 11.6 Å². The quantitative estimate of drug-likeness (QED) is 0.423. The number of nitrogens with two attached hydrogens (primary N) is 1. The van der Waals surface area contributed by atoms with Gasteiger partial charge in [-0.1, -0.05) is 23.7 Å². The molecule has 2 rings (SSSR count). The number of halogens is 2. The van der Waals surface area contributed by atoms with Gasteiger partial charge in [-0.15, -0.1) is 0 Å². The van der Waals surface area contributed by atoms with Gasteiger partial charge < -0.3 is 5.73 Å². The van der Waals surface area contributed by atoms with E-state index >= 15 is 0 Å². The molecule has 0 radical (unpaired) electrons. The monoisotopic (exact) mass is 384 g/mol. The Morgan fingerprint density at radius 1 is 1.22 bits per heavy atom. The van der Waals surface area contributed by atoms with Gasteiger partial charge in [0, 0.05) is 16.1 Å². The van der Waals surface area contributed by atoms with Crippen LogP contribution in [0.15, 0.2) is 41.4 Å². The summed E-state index contributed by atoms with van der Waals surface area (Å²) < 4.78 is 14.4. The second kappa shape index (κ2) is 9.18. The summed E-state index contributed by atoms with van der Waals surface area (Å²) in [6.07, 6.45) is -0.329. The fraction of sp³-hybridized carbons (Fsp3) is 0.111. The number of carbonyl (C=O) groups is 1. The number of guanidine groups is 1. The first-order chi connectivity index (χ1) is 12.9. The number of amides is 1. The van der Waals surface area contributed by atoms with E-state index in [1.165, 1.54) is 12.1 Å². The van der Waals surface area contributed by atoms with Crippen molar-refractivity contribution >= 4 is 23.5 Å². The Kier molecular flexibility index (Phi) is 6.70. The normalized spacial score (nSPS) is 10.6. The van der Waals surface area contributed by atoms with E-state index in [2.05, 4.69) is 15.8 Å². The Labute approximate surface area is 159 Å². The lowest BCUT2D eigenvalue weighted by atomic mass is 9.99. The molecule has 2 aromatic rings. The van der Waals surface area contributed by atoms with E-state index in [-0.39, 0.29) is 24.5 Å². The highest BCUT2D eigenvalue weighted by Gasteiger charge is 2.10. The van der Waals surface area contributed by atoms with Crippen LogP contribution in [-0.4, -0.2) is 11.9 Å². The fourth-order valence-corrected chi connectivity index (χ4v) is 2.33. The van der Waals surface area contributed by atoms with Crippen LogP contribution in [0.25, 0.3) is 11.1 Å². The van der Waals surface area contributed by atoms with Gasteiger partial charge in [-0.3, -0.25) is 15.6 Å². The molecule has 0 saturated heterocycles. The predicted molar refractivity (Wildman–Crippen MR) is 98.4 cm³/mol. The van der Waals surface area contributed by atoms with E-state index in [1.807, 2.05) is 6.07 Å². The van der Waals surface area contributed by atoms with Crippen LogP contribution < -0.4 is 16.6 Å². The minimum Gasteiger partial charge on any atom is -0.369 e. The van der Waals surface area contributed by atoms with Crippen molar-refractivity contribution in [2.75, 3.05) is 0 Å². The topological polar surface area (TPSA) is 127 Å². The van der Waals surface area contributed by atoms with Gasteiger partial charge in [0.25, 0.3) is 5.91 Å². The molecule has 136 valence electrons. The SMILES string of the molecule is N#CCC(=O)NNC(N)=NCc1ccc(-c2cc(Cl)ccc2C#N)cc1F. The minimum absolute atomic E-state index is 0.0697. The molecular weight excluding hydrogens is 371 g/mol. The van der Waals surface area contributed by atoms with E-state index < -0.39 is 11.7 Å². The number of nitriles is 2. The Balaban J connectivity index is 2.13. The highest BCUT2D eigenvalue weighted by atomic mass is 35.5. The van der Waals surface area contributed by atoms with Crippen molar-refractivity contribution in [2.24, 2.45) is 10.7 Å². The molecule has 2 aromatic carbocycles. The number of hydrogen-bond donors (Lipinski definition) is 3. The number of hydrazine groups is 1. The standard InChI is InChI=1S/C18H14ClFN6O/c19-14-4-3-12(9-22)15(8-14)11-1-2-13(16(20)7-11)10-24-18(23)26-25-17(27)5-6-21/h1-4,7-8H,5,10H2,(H,25,27)(H3,23,24,26). The van der Waals surface area contributed by atoms with Crippen molar-refractivity contribution in [3.8, 4) is 23.3 Å². The molecule has 0 bridgehead atoms. The Bertz CT molecular complexity index is 977. The molecule has 0 unspecified atom stereocenters. The van der Waals surface area contributed by atoms with Crippen LogP contribution in [0.5, 0.6) is 0 Å². The van der Waals surface area contributed by atoms with Crippen LogP contribution in [0.2, 0.25) is 5.02 Å². The summed E-state index contributed by atoms with van der Waals surface area (Å²) in [6, 6.07) is 12.9. The first-order valence-electron chi connectivity index (χ1n) is 7.64. The predicted octanol–water partition coefficient (Wildman–Crippen LogP) is 2.37. The molecule has 7 nitrogen and oxygen atoms in total. The van der Waals surface area contributed by atoms with Crippen LogP contribution in [0.3, 0.4) is 0 Å². The van der Waals surface area contributed by atoms with Gasteiger partial charge in [-0.25, -0.2) is 9.38 Å². The molecule has 0 aromatic heterocycles. The third kappa shape index (κ3) is 5.43. The van der Waals surface area contributed by atoms with E-state index in [1.54, 1.807) is 30.3 Å². The first kappa shape index (κ1) is 19.7. The number of hydrogen-bond acceptors (Lipinski definition) is 4. The first-order valence-corrected chi connectivity index (χ1v) is 8.02. The van der Waals surface area contributed by atoms with Crippen molar-refractivity contribution < 1.29 is 9.18 Å². The van der Waals surface area contributed by atoms with Crippen LogP contribution in [0, 0.1) is 28.5 Å². The summed E-state index contributed by atoms with van der Waals surface area (Å²) in [7, 11) is 0. The van der Waals surface area contributed by atoms with Crippen LogP contribution in [0.1, 0.15) is 17.5 Å². The molecule has 27 heavy (non-hydrogen) atoms. The van der Waals surface area contributed by atoms with Crippen molar-refractivity contribution in [3.05, 3.63) is 58.4 Å². The third-order valence-electron chi connectivity index (χ3n) is 3.46. The third-order valence-corrected chi connectivity index (χ3v) is 3.69. The lowest BCUT2D eigenvalue weighted by molar-refractivity contribution is -0.120. The lowest BCUT2D eigenvalue weighted by Crippen LogP contribution is -2.45. The zero-order valence-electron chi connectivity index (χ0n) is 14.0. The van der Waals surface area contributed by atoms with E-state index in [9.17, 15) is 14.4 Å². The number of nitrogens with zero attached hydrogens (tertiary/aromatic N) is 3. The molecule has 0 atom stereocenters. The second-order valence-electron chi connectivity index (χ2n) is 5.32. The largest absolute Gasteiger partial charge is 0.369 e. The maximum atomic E-state index is 14.4. The van der Waals surface area contributed by atoms with Crippen molar-refractivity contribution in [1.29, 1.82) is 10.5 Å². The molecule has 0 spiro atoms. The average molecular weight is 385 g/mol. The molecule has 0 fully saturated rings. The number of nitrogens with one attached hydrogen (secondary N) is 2. The van der Waals surface area contributed by atoms with Crippen LogP contribution in [0.4, 0.5) is 4.39 Å². The maximum Gasteiger partial charge on any atom is 0.252 e. The Hall–Kier alpha value is -3.62. The fourth-order valence-electron chi connectivity index (χ4n) is 2.16. The number of carbonyl (C=O) groups excluding carboxylic acids is 1. The zero-order valence-corrected chi connectivity index (χ0v) is 14.7. The Morgan fingerprint density at radius 3 is 2.67 bits per heavy atom. The van der Waals surface area contributed by atoms with Crippen molar-refractivity contribution in [3.63, 3.8) is 0 Å². The van der Waals surface area contributed by atoms with Gasteiger partial charge in [-0.05, 0) is 29.8 Å². The molecular formula is C18H14ClFN6O. The van der Waals surface area contributed by atoms with Gasteiger partial charge in [0.1, 0.15) is 12.2 Å². The Morgan fingerprint density at radius 2 is 2.00 bits per heavy atom. The number of aliphatic imine (C=N–C) groups is 1. The van der Waals surface area contributed by atoms with E-state index in [4.69, 9.17) is 22.6 Å². The molecule has 9 heteroatoms. The smallest absolute Gasteiger partial charge is 0.252 e. The van der Waals surface area contributed by atoms with Gasteiger partial charge in [0.2, 0.25) is 5.96 Å². The van der Waals surface area contributed by atoms with Crippen molar-refractivity contribution in [2.45, 2.75) is 13.0 Å². The summed E-state index contributed by atoms with van der Waals surface area (Å²) in [5, 5.41) is 18.0. The molecule has 0 saturated carbocycles. The summed E-state index contributed by atoms with van der Waals surface area (Å²) >= 11 is 5.96. The summed E-state index contributed by atoms with van der Waals surface area (Å²) in [6.45, 7) is -0.0697. The lowest BCUT2D eigenvalue weighted by Gasteiger charge is -2.08. The van der Waals surface area contributed by atoms with Crippen LogP contribution in [-0.2, 0) is 11.3 Å². The summed E-state index contributed by atoms with van der Waals surface area (Å²) in [5.74, 6) is -1.23. The molecule has 0 aliphatic rings. The highest BCUT2D eigenvalue weighted by molar-refractivity contribution is 6.30. The van der Waals surface area contributed by atoms with Gasteiger partial charge in [0.05, 0.1) is 24.2 Å². The average Bonchev–Trinajstić information content (AvgIpc) is 2.65. The van der Waals surface area contributed by atoms with Crippen molar-refractivity contribution in [1.82, 2.24) is 10.9 Å². The summed E-state index contributed by atoms with van der Waals surface area (Å²) in [4.78, 5) is 15.0. The molecule has 4 N–H and O–H groups in total. The van der Waals surface area contributed by atoms with E-state index in [0.29, 0.717) is 21.7 Å². The molecule has 1 amide bonds. The minimum atomic E-state index is -0.569. The van der Waals surface area contributed by atoms with Gasteiger partial charge >= 0.3 is 0 Å².